The third-order valence-electron chi connectivity index (χ3n) is 5.42. The Labute approximate surface area is 191 Å². The van der Waals surface area contributed by atoms with E-state index < -0.39 is 17.6 Å². The van der Waals surface area contributed by atoms with E-state index in [0.29, 0.717) is 29.2 Å². The smallest absolute Gasteiger partial charge is 0.278 e. The first-order chi connectivity index (χ1) is 16.0. The zero-order chi connectivity index (χ0) is 23.4. The summed E-state index contributed by atoms with van der Waals surface area (Å²) in [7, 11) is 3.05. The van der Waals surface area contributed by atoms with Crippen molar-refractivity contribution < 1.29 is 23.5 Å². The van der Waals surface area contributed by atoms with Crippen LogP contribution in [-0.4, -0.2) is 37.5 Å². The van der Waals surface area contributed by atoms with Crippen LogP contribution >= 0.6 is 0 Å². The second kappa shape index (κ2) is 9.56. The van der Waals surface area contributed by atoms with E-state index in [1.54, 1.807) is 18.2 Å². The fourth-order valence-corrected chi connectivity index (χ4v) is 3.72. The molecule has 0 fully saturated rings. The molecule has 0 aliphatic carbocycles. The maximum absolute atomic E-state index is 13.5. The second-order valence-corrected chi connectivity index (χ2v) is 7.45. The lowest BCUT2D eigenvalue weighted by molar-refractivity contribution is -0.136. The molecule has 7 heteroatoms. The molecule has 1 aliphatic heterocycles. The molecular weight excluding hydrogens is 423 g/mol. The molecule has 3 aromatic carbocycles. The van der Waals surface area contributed by atoms with Gasteiger partial charge in [-0.2, -0.15) is 0 Å². The molecule has 2 amide bonds. The molecule has 1 aliphatic rings. The van der Waals surface area contributed by atoms with Gasteiger partial charge in [-0.3, -0.25) is 14.5 Å². The van der Waals surface area contributed by atoms with Gasteiger partial charge in [0.1, 0.15) is 11.5 Å². The van der Waals surface area contributed by atoms with Gasteiger partial charge in [0.25, 0.3) is 11.8 Å². The number of halogens is 1. The van der Waals surface area contributed by atoms with Crippen LogP contribution in [0, 0.1) is 5.82 Å². The monoisotopic (exact) mass is 446 g/mol. The van der Waals surface area contributed by atoms with Crippen LogP contribution in [0.15, 0.2) is 78.5 Å². The standard InChI is InChI=1S/C26H23FN2O4/c1-32-21-13-12-20(16-22(21)33-2)28-24-23(18-8-10-19(27)11-9-18)25(30)29(26(24)31)15-14-17-6-4-3-5-7-17/h3-13,16,28H,14-15H2,1-2H3. The van der Waals surface area contributed by atoms with E-state index in [0.717, 1.165) is 5.56 Å². The first-order valence-corrected chi connectivity index (χ1v) is 10.4. The van der Waals surface area contributed by atoms with Crippen LogP contribution < -0.4 is 14.8 Å². The summed E-state index contributed by atoms with van der Waals surface area (Å²) in [5.74, 6) is -0.278. The molecule has 6 nitrogen and oxygen atoms in total. The van der Waals surface area contributed by atoms with Crippen molar-refractivity contribution in [1.82, 2.24) is 4.90 Å². The molecule has 0 saturated heterocycles. The third-order valence-corrected chi connectivity index (χ3v) is 5.42. The Kier molecular flexibility index (Phi) is 6.40. The van der Waals surface area contributed by atoms with Gasteiger partial charge in [-0.05, 0) is 41.8 Å². The molecule has 4 rings (SSSR count). The van der Waals surface area contributed by atoms with E-state index in [4.69, 9.17) is 9.47 Å². The first-order valence-electron chi connectivity index (χ1n) is 10.4. The lowest BCUT2D eigenvalue weighted by atomic mass is 10.0. The zero-order valence-electron chi connectivity index (χ0n) is 18.3. The van der Waals surface area contributed by atoms with Gasteiger partial charge in [-0.15, -0.1) is 0 Å². The fourth-order valence-electron chi connectivity index (χ4n) is 3.72. The zero-order valence-corrected chi connectivity index (χ0v) is 18.3. The van der Waals surface area contributed by atoms with Gasteiger partial charge in [0, 0.05) is 18.3 Å². The van der Waals surface area contributed by atoms with Gasteiger partial charge < -0.3 is 14.8 Å². The van der Waals surface area contributed by atoms with Crippen molar-refractivity contribution in [2.45, 2.75) is 6.42 Å². The molecule has 168 valence electrons. The van der Waals surface area contributed by atoms with Gasteiger partial charge >= 0.3 is 0 Å². The number of nitrogens with one attached hydrogen (secondary N) is 1. The summed E-state index contributed by atoms with van der Waals surface area (Å²) >= 11 is 0. The van der Waals surface area contributed by atoms with Gasteiger partial charge in [0.15, 0.2) is 11.5 Å². The van der Waals surface area contributed by atoms with Gasteiger partial charge in [0.2, 0.25) is 0 Å². The summed E-state index contributed by atoms with van der Waals surface area (Å²) in [6.45, 7) is 0.226. The largest absolute Gasteiger partial charge is 0.493 e. The van der Waals surface area contributed by atoms with Crippen molar-refractivity contribution in [2.24, 2.45) is 0 Å². The summed E-state index contributed by atoms with van der Waals surface area (Å²) in [4.78, 5) is 27.9. The first kappa shape index (κ1) is 22.1. The number of benzene rings is 3. The third kappa shape index (κ3) is 4.57. The highest BCUT2D eigenvalue weighted by molar-refractivity contribution is 6.36. The molecule has 0 radical (unpaired) electrons. The number of amides is 2. The minimum absolute atomic E-state index is 0.131. The van der Waals surface area contributed by atoms with Crippen molar-refractivity contribution in [1.29, 1.82) is 0 Å². The van der Waals surface area contributed by atoms with Crippen LogP contribution in [0.2, 0.25) is 0 Å². The van der Waals surface area contributed by atoms with E-state index in [-0.39, 0.29) is 17.8 Å². The molecule has 0 aromatic heterocycles. The van der Waals surface area contributed by atoms with Crippen molar-refractivity contribution in [3.8, 4) is 11.5 Å². The summed E-state index contributed by atoms with van der Waals surface area (Å²) in [6.07, 6.45) is 0.526. The molecule has 1 N–H and O–H groups in total. The predicted molar refractivity (Wildman–Crippen MR) is 123 cm³/mol. The number of carbonyl (C=O) groups excluding carboxylic acids is 2. The maximum atomic E-state index is 13.5. The van der Waals surface area contributed by atoms with E-state index in [1.807, 2.05) is 30.3 Å². The van der Waals surface area contributed by atoms with Crippen LogP contribution in [0.1, 0.15) is 11.1 Å². The highest BCUT2D eigenvalue weighted by atomic mass is 19.1. The van der Waals surface area contributed by atoms with Crippen LogP contribution in [0.5, 0.6) is 11.5 Å². The Hall–Kier alpha value is -4.13. The highest BCUT2D eigenvalue weighted by Gasteiger charge is 2.39. The van der Waals surface area contributed by atoms with E-state index in [1.165, 1.54) is 43.4 Å². The van der Waals surface area contributed by atoms with Crippen molar-refractivity contribution in [3.05, 3.63) is 95.4 Å². The molecule has 0 unspecified atom stereocenters. The van der Waals surface area contributed by atoms with Crippen LogP contribution in [0.3, 0.4) is 0 Å². The molecule has 0 spiro atoms. The Morgan fingerprint density at radius 1 is 0.848 bits per heavy atom. The van der Waals surface area contributed by atoms with Gasteiger partial charge in [-0.25, -0.2) is 4.39 Å². The topological polar surface area (TPSA) is 67.9 Å². The van der Waals surface area contributed by atoms with E-state index in [9.17, 15) is 14.0 Å². The Bertz CT molecular complexity index is 1210. The maximum Gasteiger partial charge on any atom is 0.278 e. The van der Waals surface area contributed by atoms with Gasteiger partial charge in [-0.1, -0.05) is 42.5 Å². The highest BCUT2D eigenvalue weighted by Crippen LogP contribution is 2.34. The number of imide groups is 1. The molecular formula is C26H23FN2O4. The number of nitrogens with zero attached hydrogens (tertiary/aromatic N) is 1. The molecule has 0 saturated carbocycles. The molecule has 0 atom stereocenters. The van der Waals surface area contributed by atoms with Gasteiger partial charge in [0.05, 0.1) is 19.8 Å². The molecule has 33 heavy (non-hydrogen) atoms. The van der Waals surface area contributed by atoms with Crippen molar-refractivity contribution >= 4 is 23.1 Å². The number of hydrogen-bond acceptors (Lipinski definition) is 5. The van der Waals surface area contributed by atoms with Crippen LogP contribution in [0.25, 0.3) is 5.57 Å². The Morgan fingerprint density at radius 2 is 1.55 bits per heavy atom. The van der Waals surface area contributed by atoms with Crippen molar-refractivity contribution in [2.75, 3.05) is 26.1 Å². The fraction of sp³-hybridized carbons (Fsp3) is 0.154. The second-order valence-electron chi connectivity index (χ2n) is 7.45. The van der Waals surface area contributed by atoms with Crippen LogP contribution in [-0.2, 0) is 16.0 Å². The molecule has 1 heterocycles. The van der Waals surface area contributed by atoms with E-state index in [2.05, 4.69) is 5.32 Å². The number of anilines is 1. The number of rotatable bonds is 8. The average molecular weight is 446 g/mol. The summed E-state index contributed by atoms with van der Waals surface area (Å²) < 4.78 is 24.1. The van der Waals surface area contributed by atoms with Crippen LogP contribution in [0.4, 0.5) is 10.1 Å². The Balaban J connectivity index is 1.68. The number of methoxy groups -OCH3 is 2. The lowest BCUT2D eigenvalue weighted by Gasteiger charge is -2.15. The molecule has 0 bridgehead atoms. The normalized spacial score (nSPS) is 13.5. The summed E-state index contributed by atoms with van der Waals surface area (Å²) in [5.41, 5.74) is 2.35. The quantitative estimate of drug-likeness (QED) is 0.523. The molecule has 3 aromatic rings. The minimum Gasteiger partial charge on any atom is -0.493 e. The summed E-state index contributed by atoms with van der Waals surface area (Å²) in [5, 5.41) is 3.08. The van der Waals surface area contributed by atoms with E-state index >= 15 is 0 Å². The Morgan fingerprint density at radius 3 is 2.21 bits per heavy atom. The van der Waals surface area contributed by atoms with Crippen molar-refractivity contribution in [3.63, 3.8) is 0 Å². The number of hydrogen-bond donors (Lipinski definition) is 1. The predicted octanol–water partition coefficient (Wildman–Crippen LogP) is 4.28. The number of ether oxygens (including phenoxy) is 2. The minimum atomic E-state index is -0.440. The lowest BCUT2D eigenvalue weighted by Crippen LogP contribution is -2.34. The SMILES string of the molecule is COc1ccc(NC2=C(c3ccc(F)cc3)C(=O)N(CCc3ccccc3)C2=O)cc1OC. The number of carbonyl (C=O) groups is 2. The summed E-state index contributed by atoms with van der Waals surface area (Å²) in [6, 6.07) is 20.2. The average Bonchev–Trinajstić information content (AvgIpc) is 3.07.